The number of aromatic nitrogens is 3. The van der Waals surface area contributed by atoms with Gasteiger partial charge in [-0.25, -0.2) is 0 Å². The lowest BCUT2D eigenvalue weighted by molar-refractivity contribution is -0.137. The zero-order valence-electron chi connectivity index (χ0n) is 21.2. The van der Waals surface area contributed by atoms with E-state index in [1.54, 1.807) is 20.4 Å². The number of hydrogen-bond acceptors (Lipinski definition) is 7. The van der Waals surface area contributed by atoms with E-state index >= 15 is 0 Å². The Labute approximate surface area is 218 Å². The SMILES string of the molecule is COCC(Nc1nnc(-c2ccc(OC)cc2)o1)[C@H]1CC[C@@H](c2ccnc3ccc(C(F)(F)F)cc32)CC1. The van der Waals surface area contributed by atoms with Crippen molar-refractivity contribution in [2.45, 2.75) is 43.8 Å². The van der Waals surface area contributed by atoms with Crippen LogP contribution >= 0.6 is 0 Å². The van der Waals surface area contributed by atoms with Crippen LogP contribution in [0.25, 0.3) is 22.4 Å². The van der Waals surface area contributed by atoms with Crippen molar-refractivity contribution in [1.82, 2.24) is 15.2 Å². The summed E-state index contributed by atoms with van der Waals surface area (Å²) in [6, 6.07) is 13.3. The molecular formula is C28H29F3N4O3. The summed E-state index contributed by atoms with van der Waals surface area (Å²) in [4.78, 5) is 4.28. The molecule has 1 fully saturated rings. The molecule has 7 nitrogen and oxygen atoms in total. The molecule has 0 saturated heterocycles. The molecule has 0 radical (unpaired) electrons. The van der Waals surface area contributed by atoms with Crippen LogP contribution < -0.4 is 10.1 Å². The van der Waals surface area contributed by atoms with Crippen LogP contribution in [-0.2, 0) is 10.9 Å². The number of halogens is 3. The molecule has 1 aliphatic carbocycles. The van der Waals surface area contributed by atoms with Crippen molar-refractivity contribution in [3.8, 4) is 17.2 Å². The number of nitrogens with one attached hydrogen (secondary N) is 1. The third-order valence-electron chi connectivity index (χ3n) is 7.30. The van der Waals surface area contributed by atoms with Crippen LogP contribution in [0, 0.1) is 5.92 Å². The summed E-state index contributed by atoms with van der Waals surface area (Å²) in [5.41, 5.74) is 1.65. The molecule has 1 atom stereocenters. The van der Waals surface area contributed by atoms with Gasteiger partial charge in [0, 0.05) is 24.3 Å². The molecule has 2 aromatic heterocycles. The third kappa shape index (κ3) is 5.60. The van der Waals surface area contributed by atoms with Gasteiger partial charge in [0.25, 0.3) is 0 Å². The Bertz CT molecular complexity index is 1370. The Hall–Kier alpha value is -3.66. The molecule has 1 N–H and O–H groups in total. The normalized spacial score (nSPS) is 18.9. The maximum atomic E-state index is 13.3. The van der Waals surface area contributed by atoms with Crippen LogP contribution in [0.3, 0.4) is 0 Å². The Morgan fingerprint density at radius 1 is 1.00 bits per heavy atom. The lowest BCUT2D eigenvalue weighted by Gasteiger charge is -2.34. The standard InChI is InChI=1S/C28H29F3N4O3/c1-36-16-25(33-27-35-34-26(38-27)19-7-10-21(37-2)11-8-19)18-5-3-17(4-6-18)22-13-14-32-24-12-9-20(15-23(22)24)28(29,30)31/h7-15,17-18,25H,3-6,16H2,1-2H3,(H,33,35)/t17-,18+,25?. The van der Waals surface area contributed by atoms with Crippen LogP contribution in [0.5, 0.6) is 5.75 Å². The summed E-state index contributed by atoms with van der Waals surface area (Å²) >= 11 is 0. The maximum absolute atomic E-state index is 13.3. The number of nitrogens with zero attached hydrogens (tertiary/aromatic N) is 3. The van der Waals surface area contributed by atoms with E-state index in [4.69, 9.17) is 13.9 Å². The minimum absolute atomic E-state index is 0.0452. The fraction of sp³-hybridized carbons (Fsp3) is 0.393. The Balaban J connectivity index is 1.27. The fourth-order valence-corrected chi connectivity index (χ4v) is 5.30. The zero-order chi connectivity index (χ0) is 26.7. The summed E-state index contributed by atoms with van der Waals surface area (Å²) in [7, 11) is 3.26. The van der Waals surface area contributed by atoms with Crippen LogP contribution in [0.1, 0.15) is 42.7 Å². The lowest BCUT2D eigenvalue weighted by atomic mass is 9.75. The number of ether oxygens (including phenoxy) is 2. The third-order valence-corrected chi connectivity index (χ3v) is 7.30. The molecule has 0 aliphatic heterocycles. The van der Waals surface area contributed by atoms with Gasteiger partial charge in [-0.1, -0.05) is 5.10 Å². The van der Waals surface area contributed by atoms with Gasteiger partial charge in [0.2, 0.25) is 5.89 Å². The average Bonchev–Trinajstić information content (AvgIpc) is 3.40. The predicted octanol–water partition coefficient (Wildman–Crippen LogP) is 6.71. The van der Waals surface area contributed by atoms with Gasteiger partial charge in [-0.05, 0) is 91.6 Å². The second-order valence-corrected chi connectivity index (χ2v) is 9.59. The van der Waals surface area contributed by atoms with Gasteiger partial charge in [0.1, 0.15) is 5.75 Å². The number of methoxy groups -OCH3 is 2. The van der Waals surface area contributed by atoms with Crippen LogP contribution in [0.4, 0.5) is 19.2 Å². The summed E-state index contributed by atoms with van der Waals surface area (Å²) in [6.07, 6.45) is 0.760. The highest BCUT2D eigenvalue weighted by atomic mass is 19.4. The van der Waals surface area contributed by atoms with E-state index in [-0.39, 0.29) is 17.9 Å². The van der Waals surface area contributed by atoms with Crippen molar-refractivity contribution in [2.75, 3.05) is 26.1 Å². The van der Waals surface area contributed by atoms with Gasteiger partial charge in [-0.2, -0.15) is 13.2 Å². The fourth-order valence-electron chi connectivity index (χ4n) is 5.30. The van der Waals surface area contributed by atoms with E-state index < -0.39 is 11.7 Å². The number of rotatable bonds is 8. The molecule has 0 bridgehead atoms. The molecule has 200 valence electrons. The monoisotopic (exact) mass is 526 g/mol. The van der Waals surface area contributed by atoms with E-state index in [2.05, 4.69) is 20.5 Å². The summed E-state index contributed by atoms with van der Waals surface area (Å²) in [5, 5.41) is 12.2. The number of anilines is 1. The first-order valence-corrected chi connectivity index (χ1v) is 12.5. The molecule has 2 aromatic carbocycles. The molecule has 2 heterocycles. The minimum Gasteiger partial charge on any atom is -0.497 e. The van der Waals surface area contributed by atoms with Gasteiger partial charge in [0.15, 0.2) is 0 Å². The first kappa shape index (κ1) is 26.0. The van der Waals surface area contributed by atoms with E-state index in [1.165, 1.54) is 12.1 Å². The van der Waals surface area contributed by atoms with Crippen molar-refractivity contribution in [3.05, 3.63) is 65.9 Å². The molecule has 4 aromatic rings. The molecule has 5 rings (SSSR count). The molecule has 1 unspecified atom stereocenters. The molecule has 0 amide bonds. The summed E-state index contributed by atoms with van der Waals surface area (Å²) in [5.74, 6) is 1.58. The largest absolute Gasteiger partial charge is 0.497 e. The van der Waals surface area contributed by atoms with Gasteiger partial charge >= 0.3 is 12.2 Å². The molecular weight excluding hydrogens is 497 g/mol. The number of fused-ring (bicyclic) bond motifs is 1. The van der Waals surface area contributed by atoms with Crippen molar-refractivity contribution < 1.29 is 27.1 Å². The van der Waals surface area contributed by atoms with E-state index in [1.807, 2.05) is 30.3 Å². The molecule has 38 heavy (non-hydrogen) atoms. The van der Waals surface area contributed by atoms with Crippen molar-refractivity contribution >= 4 is 16.9 Å². The summed E-state index contributed by atoms with van der Waals surface area (Å²) in [6.45, 7) is 0.461. The molecule has 0 spiro atoms. The first-order chi connectivity index (χ1) is 18.4. The van der Waals surface area contributed by atoms with E-state index in [9.17, 15) is 13.2 Å². The maximum Gasteiger partial charge on any atom is 0.416 e. The first-order valence-electron chi connectivity index (χ1n) is 12.5. The predicted molar refractivity (Wildman–Crippen MR) is 137 cm³/mol. The molecule has 1 saturated carbocycles. The van der Waals surface area contributed by atoms with Crippen molar-refractivity contribution in [2.24, 2.45) is 5.92 Å². The molecule has 10 heteroatoms. The Morgan fingerprint density at radius 3 is 2.45 bits per heavy atom. The average molecular weight is 527 g/mol. The lowest BCUT2D eigenvalue weighted by Crippen LogP contribution is -2.35. The topological polar surface area (TPSA) is 82.3 Å². The Morgan fingerprint density at radius 2 is 1.76 bits per heavy atom. The number of pyridine rings is 1. The number of benzene rings is 2. The second-order valence-electron chi connectivity index (χ2n) is 9.59. The Kier molecular flexibility index (Phi) is 7.51. The zero-order valence-corrected chi connectivity index (χ0v) is 21.2. The van der Waals surface area contributed by atoms with Gasteiger partial charge in [-0.3, -0.25) is 4.98 Å². The van der Waals surface area contributed by atoms with Crippen LogP contribution in [-0.4, -0.2) is 42.0 Å². The quantitative estimate of drug-likeness (QED) is 0.273. The second kappa shape index (κ2) is 11.0. The number of alkyl halides is 3. The van der Waals surface area contributed by atoms with Crippen molar-refractivity contribution in [3.63, 3.8) is 0 Å². The van der Waals surface area contributed by atoms with Gasteiger partial charge < -0.3 is 19.2 Å². The van der Waals surface area contributed by atoms with E-state index in [0.29, 0.717) is 29.4 Å². The number of hydrogen-bond donors (Lipinski definition) is 1. The van der Waals surface area contributed by atoms with Crippen LogP contribution in [0.2, 0.25) is 0 Å². The summed E-state index contributed by atoms with van der Waals surface area (Å²) < 4.78 is 56.6. The smallest absolute Gasteiger partial charge is 0.416 e. The van der Waals surface area contributed by atoms with Crippen molar-refractivity contribution in [1.29, 1.82) is 0 Å². The van der Waals surface area contributed by atoms with E-state index in [0.717, 1.165) is 48.6 Å². The highest BCUT2D eigenvalue weighted by Crippen LogP contribution is 2.41. The van der Waals surface area contributed by atoms with Gasteiger partial charge in [0.05, 0.1) is 30.8 Å². The highest BCUT2D eigenvalue weighted by Gasteiger charge is 2.33. The van der Waals surface area contributed by atoms with Crippen LogP contribution in [0.15, 0.2) is 59.1 Å². The van der Waals surface area contributed by atoms with Gasteiger partial charge in [-0.15, -0.1) is 5.10 Å². The minimum atomic E-state index is -4.39. The molecule has 1 aliphatic rings. The highest BCUT2D eigenvalue weighted by molar-refractivity contribution is 5.83.